The molecule has 0 fully saturated rings. The molecule has 1 aliphatic rings. The molecular weight excluding hydrogens is 404 g/mol. The zero-order valence-electron chi connectivity index (χ0n) is 18.2. The first-order valence-electron chi connectivity index (χ1n) is 11.1. The van der Waals surface area contributed by atoms with Gasteiger partial charge in [-0.25, -0.2) is 9.48 Å². The van der Waals surface area contributed by atoms with Gasteiger partial charge in [0.05, 0.1) is 23.8 Å². The molecule has 0 saturated heterocycles. The maximum atomic E-state index is 12.9. The number of rotatable bonds is 8. The molecule has 7 heteroatoms. The summed E-state index contributed by atoms with van der Waals surface area (Å²) in [5.74, 6) is -0.326. The minimum absolute atomic E-state index is 0.0129. The Bertz CT molecular complexity index is 1120. The van der Waals surface area contributed by atoms with Crippen molar-refractivity contribution < 1.29 is 14.7 Å². The summed E-state index contributed by atoms with van der Waals surface area (Å²) in [5.41, 5.74) is 4.73. The lowest BCUT2D eigenvalue weighted by Crippen LogP contribution is -2.32. The van der Waals surface area contributed by atoms with Crippen molar-refractivity contribution >= 4 is 17.8 Å². The van der Waals surface area contributed by atoms with Crippen LogP contribution in [0.15, 0.2) is 54.6 Å². The van der Waals surface area contributed by atoms with E-state index in [-0.39, 0.29) is 18.5 Å². The maximum Gasteiger partial charge on any atom is 0.320 e. The predicted molar refractivity (Wildman–Crippen MR) is 123 cm³/mol. The molecule has 1 aliphatic carbocycles. The number of carbonyl (C=O) groups excluding carboxylic acids is 1. The molecule has 0 aliphatic heterocycles. The van der Waals surface area contributed by atoms with Gasteiger partial charge in [0, 0.05) is 6.07 Å². The summed E-state index contributed by atoms with van der Waals surface area (Å²) < 4.78 is 1.68. The van der Waals surface area contributed by atoms with E-state index in [0.717, 1.165) is 37.8 Å². The Hall–Kier alpha value is -3.61. The van der Waals surface area contributed by atoms with E-state index in [4.69, 9.17) is 5.11 Å². The van der Waals surface area contributed by atoms with E-state index in [0.29, 0.717) is 17.1 Å². The number of aliphatic carboxylic acids is 1. The van der Waals surface area contributed by atoms with Gasteiger partial charge >= 0.3 is 12.0 Å². The van der Waals surface area contributed by atoms with Crippen LogP contribution in [0.5, 0.6) is 0 Å². The zero-order chi connectivity index (χ0) is 22.5. The number of unbranched alkanes of at least 4 members (excludes halogenated alkanes) is 1. The number of fused-ring (bicyclic) bond motifs is 1. The van der Waals surface area contributed by atoms with E-state index in [1.54, 1.807) is 22.9 Å². The summed E-state index contributed by atoms with van der Waals surface area (Å²) in [5, 5.41) is 19.8. The van der Waals surface area contributed by atoms with Crippen molar-refractivity contribution in [1.82, 2.24) is 15.1 Å². The van der Waals surface area contributed by atoms with Crippen LogP contribution in [0.1, 0.15) is 54.6 Å². The van der Waals surface area contributed by atoms with Crippen molar-refractivity contribution in [3.8, 4) is 5.69 Å². The third kappa shape index (κ3) is 4.99. The van der Waals surface area contributed by atoms with Crippen LogP contribution in [-0.2, 0) is 24.1 Å². The van der Waals surface area contributed by atoms with Crippen molar-refractivity contribution in [2.24, 2.45) is 0 Å². The molecule has 3 aromatic rings. The van der Waals surface area contributed by atoms with Crippen molar-refractivity contribution in [2.75, 3.05) is 5.32 Å². The molecule has 0 bridgehead atoms. The highest BCUT2D eigenvalue weighted by Crippen LogP contribution is 2.30. The van der Waals surface area contributed by atoms with Gasteiger partial charge in [-0.2, -0.15) is 5.10 Å². The van der Waals surface area contributed by atoms with E-state index in [9.17, 15) is 9.59 Å². The van der Waals surface area contributed by atoms with Crippen LogP contribution in [0, 0.1) is 0 Å². The van der Waals surface area contributed by atoms with Crippen LogP contribution in [0.4, 0.5) is 10.6 Å². The summed E-state index contributed by atoms with van der Waals surface area (Å²) in [7, 11) is 0. The van der Waals surface area contributed by atoms with Crippen molar-refractivity contribution in [1.29, 1.82) is 0 Å². The van der Waals surface area contributed by atoms with Crippen molar-refractivity contribution in [3.63, 3.8) is 0 Å². The Kier molecular flexibility index (Phi) is 6.54. The molecule has 166 valence electrons. The van der Waals surface area contributed by atoms with Crippen LogP contribution in [0.2, 0.25) is 0 Å². The number of hydrogen-bond donors (Lipinski definition) is 3. The van der Waals surface area contributed by atoms with Gasteiger partial charge in [0.2, 0.25) is 0 Å². The number of nitrogens with one attached hydrogen (secondary N) is 2. The molecule has 7 nitrogen and oxygen atoms in total. The molecule has 1 aromatic heterocycles. The molecule has 2 amide bonds. The SMILES string of the molecule is CCCCc1cc(NC(=O)NC2CCc3ccccc32)n(-c2cccc(CC(=O)O)c2)n1. The van der Waals surface area contributed by atoms with E-state index < -0.39 is 5.97 Å². The summed E-state index contributed by atoms with van der Waals surface area (Å²) in [6.45, 7) is 2.12. The second-order valence-electron chi connectivity index (χ2n) is 8.17. The number of amides is 2. The molecule has 0 radical (unpaired) electrons. The van der Waals surface area contributed by atoms with Crippen LogP contribution in [0.3, 0.4) is 0 Å². The summed E-state index contributed by atoms with van der Waals surface area (Å²) in [6.07, 6.45) is 4.63. The third-order valence-corrected chi connectivity index (χ3v) is 5.74. The van der Waals surface area contributed by atoms with Crippen LogP contribution >= 0.6 is 0 Å². The molecular formula is C25H28N4O3. The lowest BCUT2D eigenvalue weighted by Gasteiger charge is -2.15. The van der Waals surface area contributed by atoms with Crippen LogP contribution in [0.25, 0.3) is 5.69 Å². The predicted octanol–water partition coefficient (Wildman–Crippen LogP) is 4.65. The lowest BCUT2D eigenvalue weighted by atomic mass is 10.1. The number of aryl methyl sites for hydroxylation is 2. The van der Waals surface area contributed by atoms with Gasteiger partial charge in [0.1, 0.15) is 5.82 Å². The van der Waals surface area contributed by atoms with E-state index in [1.807, 2.05) is 24.3 Å². The first kappa shape index (κ1) is 21.6. The fourth-order valence-corrected chi connectivity index (χ4v) is 4.19. The number of hydrogen-bond acceptors (Lipinski definition) is 3. The molecule has 0 saturated carbocycles. The van der Waals surface area contributed by atoms with Crippen molar-refractivity contribution in [2.45, 2.75) is 51.5 Å². The first-order chi connectivity index (χ1) is 15.5. The van der Waals surface area contributed by atoms with Crippen LogP contribution in [-0.4, -0.2) is 26.9 Å². The second kappa shape index (κ2) is 9.68. The molecule has 1 unspecified atom stereocenters. The first-order valence-corrected chi connectivity index (χ1v) is 11.1. The standard InChI is InChI=1S/C25H28N4O3/c1-2-3-9-19-16-23(29(28-19)20-10-6-7-17(14-20)15-24(30)31)27-25(32)26-22-13-12-18-8-4-5-11-21(18)22/h4-8,10-11,14,16,22H,2-3,9,12-13,15H2,1H3,(H,30,31)(H2,26,27,32). The number of nitrogens with zero attached hydrogens (tertiary/aromatic N) is 2. The molecule has 1 heterocycles. The third-order valence-electron chi connectivity index (χ3n) is 5.74. The van der Waals surface area contributed by atoms with E-state index in [1.165, 1.54) is 11.1 Å². The van der Waals surface area contributed by atoms with Gasteiger partial charge in [-0.15, -0.1) is 0 Å². The van der Waals surface area contributed by atoms with E-state index >= 15 is 0 Å². The molecule has 3 N–H and O–H groups in total. The van der Waals surface area contributed by atoms with Gasteiger partial charge in [-0.05, 0) is 54.5 Å². The average molecular weight is 433 g/mol. The Morgan fingerprint density at radius 1 is 1.16 bits per heavy atom. The number of carboxylic acids is 1. The normalized spacial score (nSPS) is 14.7. The largest absolute Gasteiger partial charge is 0.481 e. The molecule has 4 rings (SSSR count). The van der Waals surface area contributed by atoms with Gasteiger partial charge in [0.15, 0.2) is 0 Å². The number of urea groups is 1. The summed E-state index contributed by atoms with van der Waals surface area (Å²) in [4.78, 5) is 24.0. The number of carboxylic acid groups (broad SMARTS) is 1. The lowest BCUT2D eigenvalue weighted by molar-refractivity contribution is -0.136. The number of aromatic nitrogens is 2. The second-order valence-corrected chi connectivity index (χ2v) is 8.17. The summed E-state index contributed by atoms with van der Waals surface area (Å²) >= 11 is 0. The smallest absolute Gasteiger partial charge is 0.320 e. The quantitative estimate of drug-likeness (QED) is 0.483. The minimum atomic E-state index is -0.888. The Morgan fingerprint density at radius 2 is 2.00 bits per heavy atom. The average Bonchev–Trinajstić information content (AvgIpc) is 3.36. The van der Waals surface area contributed by atoms with Gasteiger partial charge in [0.25, 0.3) is 0 Å². The highest BCUT2D eigenvalue weighted by atomic mass is 16.4. The monoisotopic (exact) mass is 432 g/mol. The van der Waals surface area contributed by atoms with E-state index in [2.05, 4.69) is 34.8 Å². The van der Waals surface area contributed by atoms with Gasteiger partial charge < -0.3 is 10.4 Å². The number of carbonyl (C=O) groups is 2. The zero-order valence-corrected chi connectivity index (χ0v) is 18.2. The molecule has 2 aromatic carbocycles. The Labute approximate surface area is 187 Å². The highest BCUT2D eigenvalue weighted by Gasteiger charge is 2.24. The number of benzene rings is 2. The minimum Gasteiger partial charge on any atom is -0.481 e. The fraction of sp³-hybridized carbons (Fsp3) is 0.320. The molecule has 32 heavy (non-hydrogen) atoms. The highest BCUT2D eigenvalue weighted by molar-refractivity contribution is 5.89. The Balaban J connectivity index is 1.55. The van der Waals surface area contributed by atoms with Gasteiger partial charge in [-0.3, -0.25) is 10.1 Å². The van der Waals surface area contributed by atoms with Crippen LogP contribution < -0.4 is 10.6 Å². The van der Waals surface area contributed by atoms with Gasteiger partial charge in [-0.1, -0.05) is 49.7 Å². The van der Waals surface area contributed by atoms with Crippen molar-refractivity contribution in [3.05, 3.63) is 77.0 Å². The molecule has 0 spiro atoms. The number of anilines is 1. The molecule has 1 atom stereocenters. The topological polar surface area (TPSA) is 96.2 Å². The maximum absolute atomic E-state index is 12.9. The fourth-order valence-electron chi connectivity index (χ4n) is 4.19. The Morgan fingerprint density at radius 3 is 2.81 bits per heavy atom. The summed E-state index contributed by atoms with van der Waals surface area (Å²) in [6, 6.07) is 17.0.